The highest BCUT2D eigenvalue weighted by atomic mass is 14.4. The minimum Gasteiger partial charge on any atom is -0.0622 e. The molecule has 0 aliphatic heterocycles. The summed E-state index contributed by atoms with van der Waals surface area (Å²) in [5.41, 5.74) is 12.1. The van der Waals surface area contributed by atoms with Crippen LogP contribution in [0, 0.1) is 6.92 Å². The third-order valence-corrected chi connectivity index (χ3v) is 6.08. The lowest BCUT2D eigenvalue weighted by Gasteiger charge is -2.25. The average Bonchev–Trinajstić information content (AvgIpc) is 2.96. The fraction of sp³-hybridized carbons (Fsp3) is 0.143. The molecule has 0 unspecified atom stereocenters. The Morgan fingerprint density at radius 1 is 0.536 bits per heavy atom. The van der Waals surface area contributed by atoms with Gasteiger partial charge in [0.15, 0.2) is 0 Å². The average molecular weight is 361 g/mol. The first-order valence-corrected chi connectivity index (χ1v) is 9.96. The van der Waals surface area contributed by atoms with E-state index in [1.807, 2.05) is 0 Å². The maximum Gasteiger partial charge on any atom is 0.0165 e. The molecule has 28 heavy (non-hydrogen) atoms. The van der Waals surface area contributed by atoms with Gasteiger partial charge in [0.25, 0.3) is 0 Å². The minimum absolute atomic E-state index is 0.000817. The van der Waals surface area contributed by atoms with Crippen LogP contribution < -0.4 is 0 Å². The second-order valence-corrected chi connectivity index (χ2v) is 8.35. The van der Waals surface area contributed by atoms with Gasteiger partial charge in [0.1, 0.15) is 0 Å². The Labute approximate surface area is 167 Å². The molecule has 0 bridgehead atoms. The summed E-state index contributed by atoms with van der Waals surface area (Å²) in [5, 5.41) is 0. The number of hydrogen-bond acceptors (Lipinski definition) is 0. The van der Waals surface area contributed by atoms with E-state index in [-0.39, 0.29) is 5.41 Å². The van der Waals surface area contributed by atoms with Crippen molar-refractivity contribution in [3.05, 3.63) is 108 Å². The third kappa shape index (κ3) is 2.52. The van der Waals surface area contributed by atoms with E-state index in [0.29, 0.717) is 0 Å². The van der Waals surface area contributed by atoms with Crippen molar-refractivity contribution in [1.29, 1.82) is 0 Å². The van der Waals surface area contributed by atoms with Crippen LogP contribution in [-0.4, -0.2) is 0 Å². The summed E-state index contributed by atoms with van der Waals surface area (Å²) in [4.78, 5) is 0. The normalized spacial score (nSPS) is 13.8. The lowest BCUT2D eigenvalue weighted by Crippen LogP contribution is -2.16. The van der Waals surface area contributed by atoms with Crippen molar-refractivity contribution in [2.75, 3.05) is 0 Å². The van der Waals surface area contributed by atoms with Crippen LogP contribution in [0.4, 0.5) is 0 Å². The van der Waals surface area contributed by atoms with Crippen LogP contribution in [-0.2, 0) is 5.41 Å². The molecule has 0 atom stereocenters. The lowest BCUT2D eigenvalue weighted by molar-refractivity contribution is 0.662. The van der Waals surface area contributed by atoms with Gasteiger partial charge in [-0.3, -0.25) is 0 Å². The SMILES string of the molecule is Cc1cc(-c2ccccc2)cc(-c2cccc3c2C(C)(C)c2ccccc2-3)c1. The molecule has 0 saturated carbocycles. The summed E-state index contributed by atoms with van der Waals surface area (Å²) >= 11 is 0. The molecule has 1 aliphatic carbocycles. The standard InChI is InChI=1S/C28H24/c1-19-16-21(20-10-5-4-6-11-20)18-22(17-19)23-13-9-14-25-24-12-7-8-15-26(24)28(2,3)27(23)25/h4-18H,1-3H3. The van der Waals surface area contributed by atoms with Crippen LogP contribution in [0.1, 0.15) is 30.5 Å². The van der Waals surface area contributed by atoms with Gasteiger partial charge in [0.05, 0.1) is 0 Å². The van der Waals surface area contributed by atoms with E-state index in [4.69, 9.17) is 0 Å². The zero-order valence-corrected chi connectivity index (χ0v) is 16.7. The lowest BCUT2D eigenvalue weighted by atomic mass is 9.78. The first-order chi connectivity index (χ1) is 13.6. The number of fused-ring (bicyclic) bond motifs is 3. The number of rotatable bonds is 2. The van der Waals surface area contributed by atoms with Crippen LogP contribution >= 0.6 is 0 Å². The predicted octanol–water partition coefficient (Wildman–Crippen LogP) is 7.64. The molecule has 0 spiro atoms. The van der Waals surface area contributed by atoms with E-state index < -0.39 is 0 Å². The summed E-state index contributed by atoms with van der Waals surface area (Å²) in [6.45, 7) is 6.91. The Morgan fingerprint density at radius 3 is 2.00 bits per heavy atom. The van der Waals surface area contributed by atoms with Crippen molar-refractivity contribution in [2.45, 2.75) is 26.2 Å². The summed E-state index contributed by atoms with van der Waals surface area (Å²) in [6.07, 6.45) is 0. The summed E-state index contributed by atoms with van der Waals surface area (Å²) in [6, 6.07) is 33.2. The molecule has 0 nitrogen and oxygen atoms in total. The van der Waals surface area contributed by atoms with E-state index in [1.54, 1.807) is 0 Å². The molecule has 136 valence electrons. The van der Waals surface area contributed by atoms with Crippen molar-refractivity contribution in [3.8, 4) is 33.4 Å². The summed E-state index contributed by atoms with van der Waals surface area (Å²) < 4.78 is 0. The van der Waals surface area contributed by atoms with Crippen LogP contribution in [0.5, 0.6) is 0 Å². The summed E-state index contributed by atoms with van der Waals surface area (Å²) in [7, 11) is 0. The smallest absolute Gasteiger partial charge is 0.0165 e. The molecule has 4 aromatic carbocycles. The second kappa shape index (κ2) is 6.21. The van der Waals surface area contributed by atoms with E-state index in [1.165, 1.54) is 50.1 Å². The molecule has 0 N–H and O–H groups in total. The van der Waals surface area contributed by atoms with Crippen molar-refractivity contribution < 1.29 is 0 Å². The van der Waals surface area contributed by atoms with Gasteiger partial charge in [-0.15, -0.1) is 0 Å². The van der Waals surface area contributed by atoms with Gasteiger partial charge < -0.3 is 0 Å². The maximum absolute atomic E-state index is 2.36. The van der Waals surface area contributed by atoms with Crippen molar-refractivity contribution in [2.24, 2.45) is 0 Å². The van der Waals surface area contributed by atoms with Crippen LogP contribution in [0.25, 0.3) is 33.4 Å². The fourth-order valence-electron chi connectivity index (χ4n) is 4.82. The van der Waals surface area contributed by atoms with Crippen LogP contribution in [0.15, 0.2) is 91.0 Å². The molecule has 1 aliphatic rings. The molecular weight excluding hydrogens is 336 g/mol. The molecule has 0 heterocycles. The van der Waals surface area contributed by atoms with Crippen LogP contribution in [0.2, 0.25) is 0 Å². The molecule has 0 heteroatoms. The Hall–Kier alpha value is -3.12. The second-order valence-electron chi connectivity index (χ2n) is 8.35. The molecule has 0 saturated heterocycles. The Bertz CT molecular complexity index is 1180. The first kappa shape index (κ1) is 17.0. The van der Waals surface area contributed by atoms with Gasteiger partial charge in [-0.2, -0.15) is 0 Å². The van der Waals surface area contributed by atoms with Crippen molar-refractivity contribution >= 4 is 0 Å². The Kier molecular flexibility index (Phi) is 3.77. The largest absolute Gasteiger partial charge is 0.0622 e. The van der Waals surface area contributed by atoms with Gasteiger partial charge in [0.2, 0.25) is 0 Å². The molecule has 0 aromatic heterocycles. The molecule has 5 rings (SSSR count). The molecular formula is C28H24. The van der Waals surface area contributed by atoms with Crippen molar-refractivity contribution in [1.82, 2.24) is 0 Å². The summed E-state index contributed by atoms with van der Waals surface area (Å²) in [5.74, 6) is 0. The predicted molar refractivity (Wildman–Crippen MR) is 120 cm³/mol. The number of aryl methyl sites for hydroxylation is 1. The first-order valence-electron chi connectivity index (χ1n) is 9.96. The molecule has 0 amide bonds. The number of benzene rings is 4. The zero-order valence-electron chi connectivity index (χ0n) is 16.7. The molecule has 0 radical (unpaired) electrons. The number of hydrogen-bond donors (Lipinski definition) is 0. The van der Waals surface area contributed by atoms with Gasteiger partial charge in [0, 0.05) is 5.41 Å². The quantitative estimate of drug-likeness (QED) is 0.344. The van der Waals surface area contributed by atoms with E-state index in [0.717, 1.165) is 0 Å². The fourth-order valence-corrected chi connectivity index (χ4v) is 4.82. The van der Waals surface area contributed by atoms with Gasteiger partial charge in [-0.25, -0.2) is 0 Å². The highest BCUT2D eigenvalue weighted by molar-refractivity contribution is 5.89. The Balaban J connectivity index is 1.75. The third-order valence-electron chi connectivity index (χ3n) is 6.08. The topological polar surface area (TPSA) is 0 Å². The van der Waals surface area contributed by atoms with Gasteiger partial charge >= 0.3 is 0 Å². The minimum atomic E-state index is -0.000817. The highest BCUT2D eigenvalue weighted by Crippen LogP contribution is 2.52. The monoisotopic (exact) mass is 360 g/mol. The highest BCUT2D eigenvalue weighted by Gasteiger charge is 2.37. The maximum atomic E-state index is 2.36. The molecule has 0 fully saturated rings. The van der Waals surface area contributed by atoms with Gasteiger partial charge in [-0.1, -0.05) is 98.8 Å². The van der Waals surface area contributed by atoms with Gasteiger partial charge in [-0.05, 0) is 63.1 Å². The van der Waals surface area contributed by atoms with E-state index in [9.17, 15) is 0 Å². The van der Waals surface area contributed by atoms with E-state index >= 15 is 0 Å². The zero-order chi connectivity index (χ0) is 19.3. The van der Waals surface area contributed by atoms with Crippen molar-refractivity contribution in [3.63, 3.8) is 0 Å². The van der Waals surface area contributed by atoms with E-state index in [2.05, 4.69) is 112 Å². The molecule has 4 aromatic rings. The van der Waals surface area contributed by atoms with Crippen LogP contribution in [0.3, 0.4) is 0 Å². The Morgan fingerprint density at radius 2 is 1.18 bits per heavy atom.